The van der Waals surface area contributed by atoms with Gasteiger partial charge >= 0.3 is 13.1 Å². The Labute approximate surface area is 125 Å². The Hall–Kier alpha value is -1.66. The van der Waals surface area contributed by atoms with Crippen LogP contribution >= 0.6 is 0 Å². The SMILES string of the molecule is Cc1nc(/C=C/B2OC(C)(C)C(C)(C)O2)ccc1C(=O)O. The number of aromatic nitrogens is 1. The molecule has 0 bridgehead atoms. The second-order valence-electron chi connectivity index (χ2n) is 6.16. The summed E-state index contributed by atoms with van der Waals surface area (Å²) in [6.45, 7) is 9.64. The summed E-state index contributed by atoms with van der Waals surface area (Å²) in [6.07, 6.45) is 1.78. The number of nitrogens with zero attached hydrogens (tertiary/aromatic N) is 1. The summed E-state index contributed by atoms with van der Waals surface area (Å²) in [4.78, 5) is 15.2. The van der Waals surface area contributed by atoms with Crippen molar-refractivity contribution in [2.45, 2.75) is 45.8 Å². The zero-order valence-electron chi connectivity index (χ0n) is 13.0. The maximum atomic E-state index is 10.9. The fraction of sp³-hybridized carbons (Fsp3) is 0.467. The van der Waals surface area contributed by atoms with E-state index in [1.807, 2.05) is 27.7 Å². The van der Waals surface area contributed by atoms with Crippen molar-refractivity contribution in [3.63, 3.8) is 0 Å². The second kappa shape index (κ2) is 5.28. The lowest BCUT2D eigenvalue weighted by atomic mass is 9.89. The summed E-state index contributed by atoms with van der Waals surface area (Å²) in [5.41, 5.74) is 0.616. The molecular formula is C15H20BNO4. The largest absolute Gasteiger partial charge is 0.487 e. The molecule has 112 valence electrons. The molecule has 1 saturated heterocycles. The molecule has 1 fully saturated rings. The number of hydrogen-bond acceptors (Lipinski definition) is 4. The monoisotopic (exact) mass is 289 g/mol. The lowest BCUT2D eigenvalue weighted by Crippen LogP contribution is -2.41. The summed E-state index contributed by atoms with van der Waals surface area (Å²) >= 11 is 0. The molecule has 2 heterocycles. The molecule has 0 atom stereocenters. The summed E-state index contributed by atoms with van der Waals surface area (Å²) in [7, 11) is -0.434. The van der Waals surface area contributed by atoms with Crippen LogP contribution in [0.3, 0.4) is 0 Å². The number of carboxylic acid groups (broad SMARTS) is 1. The fourth-order valence-electron chi connectivity index (χ4n) is 2.04. The van der Waals surface area contributed by atoms with Gasteiger partial charge in [0.15, 0.2) is 0 Å². The number of carboxylic acids is 1. The highest BCUT2D eigenvalue weighted by molar-refractivity contribution is 6.52. The van der Waals surface area contributed by atoms with E-state index in [0.29, 0.717) is 11.4 Å². The minimum absolute atomic E-state index is 0.211. The standard InChI is InChI=1S/C15H20BNO4/c1-10-12(13(18)19)7-6-11(17-10)8-9-16-20-14(2,3)15(4,5)21-16/h6-9H,1-5H3,(H,18,19)/b9-8+. The first-order chi connectivity index (χ1) is 9.62. The first-order valence-electron chi connectivity index (χ1n) is 6.87. The van der Waals surface area contributed by atoms with Gasteiger partial charge in [-0.25, -0.2) is 4.79 Å². The van der Waals surface area contributed by atoms with Crippen LogP contribution in [0.1, 0.15) is 49.4 Å². The van der Waals surface area contributed by atoms with Crippen molar-refractivity contribution < 1.29 is 19.2 Å². The van der Waals surface area contributed by atoms with E-state index in [1.165, 1.54) is 0 Å². The van der Waals surface area contributed by atoms with Crippen LogP contribution in [0, 0.1) is 6.92 Å². The number of carbonyl (C=O) groups is 1. The van der Waals surface area contributed by atoms with Crippen molar-refractivity contribution in [2.75, 3.05) is 0 Å². The van der Waals surface area contributed by atoms with Crippen LogP contribution in [0.4, 0.5) is 0 Å². The van der Waals surface area contributed by atoms with Gasteiger partial charge in [0, 0.05) is 0 Å². The van der Waals surface area contributed by atoms with Crippen molar-refractivity contribution in [1.29, 1.82) is 0 Å². The van der Waals surface area contributed by atoms with Gasteiger partial charge in [0.25, 0.3) is 0 Å². The van der Waals surface area contributed by atoms with E-state index in [1.54, 1.807) is 31.1 Å². The third-order valence-electron chi connectivity index (χ3n) is 4.03. The van der Waals surface area contributed by atoms with Crippen molar-refractivity contribution >= 4 is 19.2 Å². The molecule has 1 aliphatic rings. The number of aromatic carboxylic acids is 1. The van der Waals surface area contributed by atoms with Crippen LogP contribution in [0.2, 0.25) is 0 Å². The molecule has 0 amide bonds. The molecule has 0 saturated carbocycles. The zero-order valence-corrected chi connectivity index (χ0v) is 13.0. The quantitative estimate of drug-likeness (QED) is 0.866. The molecule has 0 aromatic carbocycles. The van der Waals surface area contributed by atoms with Crippen LogP contribution in [-0.2, 0) is 9.31 Å². The smallest absolute Gasteiger partial charge is 0.478 e. The zero-order chi connectivity index (χ0) is 15.8. The molecule has 1 aliphatic heterocycles. The molecular weight excluding hydrogens is 269 g/mol. The van der Waals surface area contributed by atoms with E-state index in [0.717, 1.165) is 0 Å². The van der Waals surface area contributed by atoms with Gasteiger partial charge in [0.05, 0.1) is 28.2 Å². The van der Waals surface area contributed by atoms with Gasteiger partial charge in [-0.1, -0.05) is 5.98 Å². The van der Waals surface area contributed by atoms with E-state index in [-0.39, 0.29) is 16.8 Å². The molecule has 0 unspecified atom stereocenters. The maximum absolute atomic E-state index is 10.9. The average Bonchev–Trinajstić information content (AvgIpc) is 2.55. The summed E-state index contributed by atoms with van der Waals surface area (Å²) in [5.74, 6) is 0.820. The molecule has 0 aliphatic carbocycles. The van der Waals surface area contributed by atoms with Crippen molar-refractivity contribution in [1.82, 2.24) is 4.98 Å². The Kier molecular flexibility index (Phi) is 3.95. The molecule has 2 rings (SSSR count). The van der Waals surface area contributed by atoms with Crippen LogP contribution in [-0.4, -0.2) is 34.4 Å². The Bertz CT molecular complexity index is 579. The van der Waals surface area contributed by atoms with Crippen molar-refractivity contribution in [2.24, 2.45) is 0 Å². The molecule has 6 heteroatoms. The molecule has 0 spiro atoms. The number of aryl methyl sites for hydroxylation is 1. The molecule has 5 nitrogen and oxygen atoms in total. The van der Waals surface area contributed by atoms with Gasteiger partial charge in [0.2, 0.25) is 0 Å². The number of rotatable bonds is 3. The Morgan fingerprint density at radius 3 is 2.29 bits per heavy atom. The van der Waals surface area contributed by atoms with Crippen molar-refractivity contribution in [3.05, 3.63) is 35.1 Å². The van der Waals surface area contributed by atoms with Crippen LogP contribution in [0.15, 0.2) is 18.1 Å². The number of hydrogen-bond donors (Lipinski definition) is 1. The van der Waals surface area contributed by atoms with Crippen LogP contribution < -0.4 is 0 Å². The van der Waals surface area contributed by atoms with Gasteiger partial charge in [-0.3, -0.25) is 4.98 Å². The normalized spacial score (nSPS) is 20.1. The minimum Gasteiger partial charge on any atom is -0.478 e. The lowest BCUT2D eigenvalue weighted by molar-refractivity contribution is 0.00578. The predicted octanol–water partition coefficient (Wildman–Crippen LogP) is 2.73. The Morgan fingerprint density at radius 2 is 1.81 bits per heavy atom. The minimum atomic E-state index is -0.971. The lowest BCUT2D eigenvalue weighted by Gasteiger charge is -2.32. The third-order valence-corrected chi connectivity index (χ3v) is 4.03. The molecule has 1 aromatic heterocycles. The van der Waals surface area contributed by atoms with Gasteiger partial charge in [0.1, 0.15) is 0 Å². The molecule has 1 aromatic rings. The fourth-order valence-corrected chi connectivity index (χ4v) is 2.04. The average molecular weight is 289 g/mol. The summed E-state index contributed by atoms with van der Waals surface area (Å²) in [6, 6.07) is 3.22. The van der Waals surface area contributed by atoms with Gasteiger partial charge in [-0.2, -0.15) is 0 Å². The first-order valence-corrected chi connectivity index (χ1v) is 6.87. The molecule has 1 N–H and O–H groups in total. The highest BCUT2D eigenvalue weighted by Crippen LogP contribution is 2.36. The Morgan fingerprint density at radius 1 is 1.24 bits per heavy atom. The first kappa shape index (κ1) is 15.7. The van der Waals surface area contributed by atoms with Crippen molar-refractivity contribution in [3.8, 4) is 0 Å². The van der Waals surface area contributed by atoms with Gasteiger partial charge in [-0.15, -0.1) is 0 Å². The molecule has 0 radical (unpaired) electrons. The van der Waals surface area contributed by atoms with Crippen LogP contribution in [0.25, 0.3) is 6.08 Å². The maximum Gasteiger partial charge on any atom is 0.487 e. The van der Waals surface area contributed by atoms with Gasteiger partial charge in [-0.05, 0) is 52.8 Å². The van der Waals surface area contributed by atoms with Crippen LogP contribution in [0.5, 0.6) is 0 Å². The van der Waals surface area contributed by atoms with E-state index in [4.69, 9.17) is 14.4 Å². The van der Waals surface area contributed by atoms with E-state index in [2.05, 4.69) is 4.98 Å². The second-order valence-corrected chi connectivity index (χ2v) is 6.16. The topological polar surface area (TPSA) is 68.7 Å². The Balaban J connectivity index is 2.13. The number of pyridine rings is 1. The highest BCUT2D eigenvalue weighted by atomic mass is 16.7. The highest BCUT2D eigenvalue weighted by Gasteiger charge is 2.49. The van der Waals surface area contributed by atoms with Gasteiger partial charge < -0.3 is 14.4 Å². The summed E-state index contributed by atoms with van der Waals surface area (Å²) in [5, 5.41) is 8.98. The summed E-state index contributed by atoms with van der Waals surface area (Å²) < 4.78 is 11.7. The molecule has 21 heavy (non-hydrogen) atoms. The predicted molar refractivity (Wildman–Crippen MR) is 81.0 cm³/mol. The van der Waals surface area contributed by atoms with E-state index in [9.17, 15) is 4.79 Å². The van der Waals surface area contributed by atoms with E-state index < -0.39 is 13.1 Å². The van der Waals surface area contributed by atoms with E-state index >= 15 is 0 Å². The third kappa shape index (κ3) is 3.17.